The first kappa shape index (κ1) is 23.1. The van der Waals surface area contributed by atoms with E-state index in [1.807, 2.05) is 26.8 Å². The topological polar surface area (TPSA) is 106 Å². The number of hydrogen-bond acceptors (Lipinski definition) is 6. The van der Waals surface area contributed by atoms with E-state index in [0.29, 0.717) is 24.7 Å². The van der Waals surface area contributed by atoms with Gasteiger partial charge in [-0.15, -0.1) is 0 Å². The van der Waals surface area contributed by atoms with Crippen molar-refractivity contribution in [1.29, 1.82) is 0 Å². The van der Waals surface area contributed by atoms with E-state index < -0.39 is 17.7 Å². The zero-order valence-electron chi connectivity index (χ0n) is 18.2. The van der Waals surface area contributed by atoms with E-state index in [0.717, 1.165) is 37.8 Å². The highest BCUT2D eigenvalue weighted by molar-refractivity contribution is 5.89. The average molecular weight is 405 g/mol. The summed E-state index contributed by atoms with van der Waals surface area (Å²) < 4.78 is 5.39. The third kappa shape index (κ3) is 7.65. The fourth-order valence-electron chi connectivity index (χ4n) is 3.82. The lowest BCUT2D eigenvalue weighted by Crippen LogP contribution is -2.50. The van der Waals surface area contributed by atoms with E-state index in [-0.39, 0.29) is 11.7 Å². The number of piperidine rings is 1. The zero-order chi connectivity index (χ0) is 21.4. The van der Waals surface area contributed by atoms with Crippen LogP contribution in [0.15, 0.2) is 18.3 Å². The molecule has 0 aromatic carbocycles. The quantitative estimate of drug-likeness (QED) is 0.615. The molecule has 4 N–H and O–H groups in total. The van der Waals surface area contributed by atoms with Gasteiger partial charge in [-0.1, -0.05) is 19.4 Å². The van der Waals surface area contributed by atoms with Crippen LogP contribution in [0.5, 0.6) is 0 Å². The minimum atomic E-state index is -0.605. The number of nitrogens with one attached hydrogen (secondary N) is 2. The fourth-order valence-corrected chi connectivity index (χ4v) is 3.82. The third-order valence-electron chi connectivity index (χ3n) is 5.36. The summed E-state index contributed by atoms with van der Waals surface area (Å²) in [5.41, 5.74) is 6.09. The van der Waals surface area contributed by atoms with Crippen molar-refractivity contribution in [3.05, 3.63) is 23.9 Å². The summed E-state index contributed by atoms with van der Waals surface area (Å²) in [6, 6.07) is 3.17. The van der Waals surface area contributed by atoms with Crippen LogP contribution in [0.1, 0.15) is 58.9 Å². The van der Waals surface area contributed by atoms with Crippen LogP contribution in [0.2, 0.25) is 0 Å². The highest BCUT2D eigenvalue weighted by Crippen LogP contribution is 2.25. The molecule has 29 heavy (non-hydrogen) atoms. The molecule has 0 bridgehead atoms. The molecule has 162 valence electrons. The lowest BCUT2D eigenvalue weighted by atomic mass is 9.79. The Bertz CT molecular complexity index is 670. The van der Waals surface area contributed by atoms with E-state index in [2.05, 4.69) is 22.5 Å². The molecule has 7 nitrogen and oxygen atoms in total. The minimum Gasteiger partial charge on any atom is -0.444 e. The van der Waals surface area contributed by atoms with Crippen molar-refractivity contribution in [1.82, 2.24) is 15.6 Å². The van der Waals surface area contributed by atoms with E-state index in [9.17, 15) is 9.59 Å². The van der Waals surface area contributed by atoms with E-state index in [4.69, 9.17) is 10.5 Å². The summed E-state index contributed by atoms with van der Waals surface area (Å²) in [6.45, 7) is 9.18. The lowest BCUT2D eigenvalue weighted by Gasteiger charge is -2.33. The van der Waals surface area contributed by atoms with Crippen LogP contribution < -0.4 is 16.4 Å². The number of carbonyl (C=O) groups is 2. The van der Waals surface area contributed by atoms with Gasteiger partial charge in [-0.2, -0.15) is 0 Å². The SMILES string of the molecule is CCC1CCNCC1C(=O)[C@H](CCCc1ccc(N)nc1)NC(=O)OC(C)(C)C. The molecule has 0 saturated carbocycles. The van der Waals surface area contributed by atoms with Crippen molar-refractivity contribution >= 4 is 17.7 Å². The Morgan fingerprint density at radius 1 is 1.38 bits per heavy atom. The minimum absolute atomic E-state index is 0.0770. The monoisotopic (exact) mass is 404 g/mol. The van der Waals surface area contributed by atoms with Crippen molar-refractivity contribution in [3.8, 4) is 0 Å². The lowest BCUT2D eigenvalue weighted by molar-refractivity contribution is -0.127. The Kier molecular flexibility index (Phi) is 8.44. The molecular weight excluding hydrogens is 368 g/mol. The summed E-state index contributed by atoms with van der Waals surface area (Å²) in [5.74, 6) is 0.869. The molecule has 2 rings (SSSR count). The number of Topliss-reactive ketones (excluding diaryl/α,β-unsaturated/α-hetero) is 1. The predicted octanol–water partition coefficient (Wildman–Crippen LogP) is 3.08. The fraction of sp³-hybridized carbons (Fsp3) is 0.682. The standard InChI is InChI=1S/C22H36N4O3/c1-5-16-11-12-24-14-17(16)20(27)18(26-21(28)29-22(2,3)4)8-6-7-15-9-10-19(23)25-13-15/h9-10,13,16-18,24H,5-8,11-12,14H2,1-4H3,(H2,23,25)(H,26,28)/t16?,17?,18-/m0/s1. The first-order valence-corrected chi connectivity index (χ1v) is 10.6. The molecule has 1 saturated heterocycles. The second-order valence-electron chi connectivity index (χ2n) is 8.85. The molecule has 0 aliphatic carbocycles. The number of carbonyl (C=O) groups excluding carboxylic acids is 2. The van der Waals surface area contributed by atoms with Gasteiger partial charge in [0.15, 0.2) is 5.78 Å². The van der Waals surface area contributed by atoms with Gasteiger partial charge in [-0.3, -0.25) is 4.79 Å². The summed E-state index contributed by atoms with van der Waals surface area (Å²) in [6.07, 6.45) is 5.27. The third-order valence-corrected chi connectivity index (χ3v) is 5.36. The maximum atomic E-state index is 13.3. The van der Waals surface area contributed by atoms with Gasteiger partial charge in [-0.25, -0.2) is 9.78 Å². The molecule has 2 unspecified atom stereocenters. The van der Waals surface area contributed by atoms with Gasteiger partial charge < -0.3 is 21.1 Å². The Morgan fingerprint density at radius 3 is 2.76 bits per heavy atom. The Labute approximate surface area is 174 Å². The van der Waals surface area contributed by atoms with Crippen molar-refractivity contribution in [2.75, 3.05) is 18.8 Å². The summed E-state index contributed by atoms with van der Waals surface area (Å²) in [5, 5.41) is 6.17. The number of nitrogen functional groups attached to an aromatic ring is 1. The smallest absolute Gasteiger partial charge is 0.408 e. The highest BCUT2D eigenvalue weighted by Gasteiger charge is 2.35. The number of nitrogens with two attached hydrogens (primary N) is 1. The molecule has 7 heteroatoms. The van der Waals surface area contributed by atoms with Gasteiger partial charge in [0.1, 0.15) is 11.4 Å². The Balaban J connectivity index is 2.03. The summed E-state index contributed by atoms with van der Waals surface area (Å²) in [4.78, 5) is 29.8. The molecule has 1 fully saturated rings. The zero-order valence-corrected chi connectivity index (χ0v) is 18.2. The molecule has 0 spiro atoms. The van der Waals surface area contributed by atoms with E-state index in [1.54, 1.807) is 12.3 Å². The molecule has 2 heterocycles. The summed E-state index contributed by atoms with van der Waals surface area (Å²) >= 11 is 0. The maximum absolute atomic E-state index is 13.3. The number of hydrogen-bond donors (Lipinski definition) is 3. The van der Waals surface area contributed by atoms with Gasteiger partial charge in [-0.05, 0) is 70.5 Å². The predicted molar refractivity (Wildman–Crippen MR) is 115 cm³/mol. The van der Waals surface area contributed by atoms with Crippen LogP contribution in [-0.2, 0) is 16.0 Å². The van der Waals surface area contributed by atoms with E-state index >= 15 is 0 Å². The molecule has 0 radical (unpaired) electrons. The van der Waals surface area contributed by atoms with Gasteiger partial charge in [0.05, 0.1) is 6.04 Å². The van der Waals surface area contributed by atoms with Crippen LogP contribution >= 0.6 is 0 Å². The van der Waals surface area contributed by atoms with Crippen LogP contribution in [0.25, 0.3) is 0 Å². The average Bonchev–Trinajstić information content (AvgIpc) is 2.66. The maximum Gasteiger partial charge on any atom is 0.408 e. The first-order valence-electron chi connectivity index (χ1n) is 10.6. The van der Waals surface area contributed by atoms with Crippen molar-refractivity contribution < 1.29 is 14.3 Å². The number of pyridine rings is 1. The number of nitrogens with zero attached hydrogens (tertiary/aromatic N) is 1. The number of ether oxygens (including phenoxy) is 1. The van der Waals surface area contributed by atoms with Gasteiger partial charge in [0, 0.05) is 18.7 Å². The van der Waals surface area contributed by atoms with E-state index in [1.165, 1.54) is 0 Å². The highest BCUT2D eigenvalue weighted by atomic mass is 16.6. The van der Waals surface area contributed by atoms with Crippen LogP contribution in [0.4, 0.5) is 10.6 Å². The van der Waals surface area contributed by atoms with Crippen LogP contribution in [0, 0.1) is 11.8 Å². The normalized spacial score (nSPS) is 20.7. The van der Waals surface area contributed by atoms with Crippen molar-refractivity contribution in [2.45, 2.75) is 71.4 Å². The number of alkyl carbamates (subject to hydrolysis) is 1. The van der Waals surface area contributed by atoms with Crippen LogP contribution in [-0.4, -0.2) is 41.6 Å². The number of amides is 1. The number of ketones is 1. The van der Waals surface area contributed by atoms with Crippen LogP contribution in [0.3, 0.4) is 0 Å². The molecular formula is C22H36N4O3. The summed E-state index contributed by atoms with van der Waals surface area (Å²) in [7, 11) is 0. The molecule has 1 amide bonds. The van der Waals surface area contributed by atoms with Crippen molar-refractivity contribution in [3.63, 3.8) is 0 Å². The molecule has 3 atom stereocenters. The van der Waals surface area contributed by atoms with Gasteiger partial charge >= 0.3 is 6.09 Å². The number of anilines is 1. The number of aryl methyl sites for hydroxylation is 1. The second kappa shape index (κ2) is 10.6. The first-order chi connectivity index (χ1) is 13.7. The van der Waals surface area contributed by atoms with Crippen molar-refractivity contribution in [2.24, 2.45) is 11.8 Å². The largest absolute Gasteiger partial charge is 0.444 e. The van der Waals surface area contributed by atoms with Gasteiger partial charge in [0.25, 0.3) is 0 Å². The molecule has 1 aromatic rings. The van der Waals surface area contributed by atoms with Gasteiger partial charge in [0.2, 0.25) is 0 Å². The second-order valence-corrected chi connectivity index (χ2v) is 8.85. The Hall–Kier alpha value is -2.15. The molecule has 1 aromatic heterocycles. The molecule has 1 aliphatic heterocycles. The number of aromatic nitrogens is 1. The Morgan fingerprint density at radius 2 is 2.14 bits per heavy atom. The molecule has 1 aliphatic rings. The number of rotatable bonds is 8.